The minimum absolute atomic E-state index is 0.885. The molecule has 0 aliphatic carbocycles. The first kappa shape index (κ1) is 42.3. The van der Waals surface area contributed by atoms with Gasteiger partial charge in [-0.3, -0.25) is 9.47 Å². The molecule has 0 spiro atoms. The van der Waals surface area contributed by atoms with Crippen LogP contribution in [0.25, 0.3) is 0 Å². The van der Waals surface area contributed by atoms with E-state index < -0.39 is 105 Å². The summed E-state index contributed by atoms with van der Waals surface area (Å²) in [6, 6.07) is 0. The molecule has 0 aliphatic heterocycles. The summed E-state index contributed by atoms with van der Waals surface area (Å²) in [5, 5.41) is 0. The Balaban J connectivity index is 5.36. The average Bonchev–Trinajstić information content (AvgIpc) is 2.79. The van der Waals surface area contributed by atoms with E-state index in [1.54, 1.807) is 0 Å². The summed E-state index contributed by atoms with van der Waals surface area (Å²) in [4.78, 5) is 22.6. The van der Waals surface area contributed by atoms with Crippen molar-refractivity contribution in [3.63, 3.8) is 0 Å². The van der Waals surface area contributed by atoms with Gasteiger partial charge < -0.3 is 9.47 Å². The van der Waals surface area contributed by atoms with Crippen LogP contribution in [0.4, 0.5) is 96.6 Å². The zero-order chi connectivity index (χ0) is 36.5. The third-order valence-corrected chi connectivity index (χ3v) is 4.49. The second kappa shape index (κ2) is 12.8. The van der Waals surface area contributed by atoms with Gasteiger partial charge in [-0.2, -0.15) is 96.6 Å². The topological polar surface area (TPSA) is 71.1 Å². The first-order chi connectivity index (χ1) is 19.5. The largest absolute Gasteiger partial charge is 0.462 e. The van der Waals surface area contributed by atoms with Gasteiger partial charge in [0.25, 0.3) is 0 Å². The molecule has 45 heavy (non-hydrogen) atoms. The van der Waals surface area contributed by atoms with Crippen molar-refractivity contribution in [2.45, 2.75) is 79.7 Å². The number of carbonyl (C=O) groups is 2. The van der Waals surface area contributed by atoms with Gasteiger partial charge in [0.15, 0.2) is 0 Å². The molecule has 2 atom stereocenters. The van der Waals surface area contributed by atoms with Crippen LogP contribution in [-0.4, -0.2) is 85.6 Å². The summed E-state index contributed by atoms with van der Waals surface area (Å²) < 4.78 is 291. The van der Waals surface area contributed by atoms with Crippen molar-refractivity contribution in [3.05, 3.63) is 0 Å². The van der Waals surface area contributed by atoms with Crippen molar-refractivity contribution in [1.82, 2.24) is 0 Å². The summed E-state index contributed by atoms with van der Waals surface area (Å²) in [6.07, 6.45) is -46.7. The van der Waals surface area contributed by atoms with E-state index in [0.29, 0.717) is 0 Å². The number of esters is 2. The Morgan fingerprint density at radius 3 is 0.822 bits per heavy atom. The van der Waals surface area contributed by atoms with Crippen LogP contribution in [0.5, 0.6) is 0 Å². The summed E-state index contributed by atoms with van der Waals surface area (Å²) in [5.41, 5.74) is 0. The Morgan fingerprint density at radius 2 is 0.622 bits per heavy atom. The number of ether oxygens (including phenoxy) is 4. The minimum Gasteiger partial charge on any atom is -0.461 e. The molecule has 0 saturated carbocycles. The smallest absolute Gasteiger partial charge is 0.461 e. The molecule has 0 bridgehead atoms. The molecule has 0 radical (unpaired) electrons. The fraction of sp³-hybridized carbons (Fsp3) is 0.882. The van der Waals surface area contributed by atoms with Crippen LogP contribution in [0.1, 0.15) is 19.3 Å². The van der Waals surface area contributed by atoms with Gasteiger partial charge in [-0.25, -0.2) is 9.59 Å². The highest BCUT2D eigenvalue weighted by atomic mass is 19.4. The number of halogens is 22. The van der Waals surface area contributed by atoms with Gasteiger partial charge >= 0.3 is 72.4 Å². The van der Waals surface area contributed by atoms with E-state index in [-0.39, 0.29) is 0 Å². The number of alkyl halides is 22. The number of hydrogen-bond donors (Lipinski definition) is 0. The van der Waals surface area contributed by atoms with Crippen molar-refractivity contribution < 1.29 is 125 Å². The molecule has 2 unspecified atom stereocenters. The van der Waals surface area contributed by atoms with Crippen LogP contribution in [-0.2, 0) is 28.5 Å². The maximum atomic E-state index is 13.9. The fourth-order valence-corrected chi connectivity index (χ4v) is 2.14. The van der Waals surface area contributed by atoms with Gasteiger partial charge in [0, 0.05) is 0 Å². The van der Waals surface area contributed by atoms with Crippen molar-refractivity contribution in [3.8, 4) is 0 Å². The SMILES string of the molecule is O=C(OCCCCCOC(=O)C(F)(OC(F)(F)C(F)(F)C(F)(F)F)C(F)(F)F)C(F)(OC(F)(F)C(F)(F)C(F)(F)F)C(F)(F)F. The Hall–Kier alpha value is -2.68. The molecule has 268 valence electrons. The number of hydrogen-bond acceptors (Lipinski definition) is 6. The van der Waals surface area contributed by atoms with E-state index in [9.17, 15) is 106 Å². The van der Waals surface area contributed by atoms with Gasteiger partial charge in [-0.05, 0) is 19.3 Å². The average molecular weight is 728 g/mol. The third-order valence-electron chi connectivity index (χ3n) is 4.49. The molecular weight excluding hydrogens is 718 g/mol. The molecule has 0 aliphatic rings. The molecule has 0 fully saturated rings. The first-order valence-electron chi connectivity index (χ1n) is 10.4. The van der Waals surface area contributed by atoms with Crippen LogP contribution < -0.4 is 0 Å². The van der Waals surface area contributed by atoms with Crippen molar-refractivity contribution in [1.29, 1.82) is 0 Å². The third kappa shape index (κ3) is 8.78. The second-order valence-electron chi connectivity index (χ2n) is 7.90. The van der Waals surface area contributed by atoms with Crippen LogP contribution in [0.15, 0.2) is 0 Å². The van der Waals surface area contributed by atoms with Gasteiger partial charge in [-0.1, -0.05) is 0 Å². The van der Waals surface area contributed by atoms with E-state index >= 15 is 0 Å². The highest BCUT2D eigenvalue weighted by molar-refractivity contribution is 5.79. The summed E-state index contributed by atoms with van der Waals surface area (Å²) in [7, 11) is 0. The van der Waals surface area contributed by atoms with Crippen LogP contribution >= 0.6 is 0 Å². The molecule has 0 aromatic rings. The van der Waals surface area contributed by atoms with Gasteiger partial charge in [0.1, 0.15) is 0 Å². The maximum absolute atomic E-state index is 13.9. The minimum atomic E-state index is -7.52. The van der Waals surface area contributed by atoms with Crippen LogP contribution in [0, 0.1) is 0 Å². The molecular formula is C17H10F22O6. The lowest BCUT2D eigenvalue weighted by atomic mass is 10.2. The molecule has 0 amide bonds. The number of carbonyl (C=O) groups excluding carboxylic acids is 2. The van der Waals surface area contributed by atoms with Crippen molar-refractivity contribution in [2.75, 3.05) is 13.2 Å². The Morgan fingerprint density at radius 1 is 0.378 bits per heavy atom. The van der Waals surface area contributed by atoms with Crippen LogP contribution in [0.3, 0.4) is 0 Å². The predicted octanol–water partition coefficient (Wildman–Crippen LogP) is 7.31. The molecule has 0 aromatic carbocycles. The normalized spacial score (nSPS) is 17.4. The monoisotopic (exact) mass is 728 g/mol. The highest BCUT2D eigenvalue weighted by Crippen LogP contribution is 2.52. The summed E-state index contributed by atoms with van der Waals surface area (Å²) in [5.74, 6) is -35.9. The number of unbranched alkanes of at least 4 members (excludes halogenated alkanes) is 2. The van der Waals surface area contributed by atoms with Crippen LogP contribution in [0.2, 0.25) is 0 Å². The van der Waals surface area contributed by atoms with Crippen molar-refractivity contribution >= 4 is 11.9 Å². The lowest BCUT2D eigenvalue weighted by Gasteiger charge is -2.33. The Kier molecular flexibility index (Phi) is 12.1. The molecule has 0 N–H and O–H groups in total. The summed E-state index contributed by atoms with van der Waals surface area (Å²) >= 11 is 0. The zero-order valence-electron chi connectivity index (χ0n) is 20.3. The lowest BCUT2D eigenvalue weighted by molar-refractivity contribution is -0.475. The van der Waals surface area contributed by atoms with Gasteiger partial charge in [0.05, 0.1) is 13.2 Å². The van der Waals surface area contributed by atoms with E-state index in [1.165, 1.54) is 0 Å². The Labute approximate surface area is 231 Å². The van der Waals surface area contributed by atoms with Gasteiger partial charge in [0.2, 0.25) is 0 Å². The predicted molar refractivity (Wildman–Crippen MR) is 89.6 cm³/mol. The molecule has 0 aromatic heterocycles. The second-order valence-corrected chi connectivity index (χ2v) is 7.90. The fourth-order valence-electron chi connectivity index (χ4n) is 2.14. The summed E-state index contributed by atoms with van der Waals surface area (Å²) in [6.45, 7) is -3.31. The first-order valence-corrected chi connectivity index (χ1v) is 10.4. The highest BCUT2D eigenvalue weighted by Gasteiger charge is 2.81. The van der Waals surface area contributed by atoms with E-state index in [0.717, 1.165) is 0 Å². The standard InChI is InChI=1S/C17H10F22O6/c18-8(12(24,25)26,44-16(36,37)10(20,21)14(30,31)32)6(40)42-4-2-1-3-5-43-7(41)9(19,13(27,28)29)45-17(38,39)11(22,23)15(33,34)35/h1-5H2. The quantitative estimate of drug-likeness (QED) is 0.106. The van der Waals surface area contributed by atoms with Crippen molar-refractivity contribution in [2.24, 2.45) is 0 Å². The molecule has 28 heteroatoms. The lowest BCUT2D eigenvalue weighted by Crippen LogP contribution is -2.61. The van der Waals surface area contributed by atoms with E-state index in [4.69, 9.17) is 0 Å². The molecule has 0 heterocycles. The zero-order valence-corrected chi connectivity index (χ0v) is 20.3. The molecule has 6 nitrogen and oxygen atoms in total. The molecule has 0 saturated heterocycles. The van der Waals surface area contributed by atoms with E-state index in [2.05, 4.69) is 9.47 Å². The maximum Gasteiger partial charge on any atom is 0.462 e. The Bertz CT molecular complexity index is 949. The number of rotatable bonds is 14. The molecule has 0 rings (SSSR count). The van der Waals surface area contributed by atoms with Gasteiger partial charge in [-0.15, -0.1) is 0 Å². The van der Waals surface area contributed by atoms with E-state index in [1.807, 2.05) is 9.47 Å².